The van der Waals surface area contributed by atoms with Gasteiger partial charge in [-0.15, -0.1) is 12.4 Å². The predicted octanol–water partition coefficient (Wildman–Crippen LogP) is -1.29. The van der Waals surface area contributed by atoms with E-state index in [9.17, 15) is 4.79 Å². The Hall–Kier alpha value is -0.400. The molecular formula is C5H15ClN2O4. The fraction of sp³-hybridized carbons (Fsp3) is 0.800. The maximum Gasteiger partial charge on any atom is 0.323 e. The number of carbonyl (C=O) groups is 1. The Morgan fingerprint density at radius 3 is 1.83 bits per heavy atom. The molecule has 0 bridgehead atoms. The third-order valence-corrected chi connectivity index (χ3v) is 0.805. The molecule has 0 saturated carbocycles. The van der Waals surface area contributed by atoms with E-state index in [2.05, 4.69) is 10.7 Å². The number of hydrogen-bond donors (Lipinski definition) is 4. The number of aliphatic hydroxyl groups excluding tert-OH is 1. The van der Waals surface area contributed by atoms with Crippen LogP contribution in [0, 0.1) is 0 Å². The number of nitrogens with two attached hydrogens (primary N) is 2. The highest BCUT2D eigenvalue weighted by Crippen LogP contribution is 1.85. The molecule has 6 N–H and O–H groups in total. The molecule has 0 aliphatic carbocycles. The van der Waals surface area contributed by atoms with Gasteiger partial charge in [0.25, 0.3) is 0 Å². The molecule has 0 fully saturated rings. The highest BCUT2D eigenvalue weighted by Gasteiger charge is 2.16. The monoisotopic (exact) mass is 202 g/mol. The van der Waals surface area contributed by atoms with Crippen molar-refractivity contribution in [2.75, 3.05) is 7.11 Å². The van der Waals surface area contributed by atoms with E-state index < -0.39 is 18.1 Å². The lowest BCUT2D eigenvalue weighted by atomic mass is 10.2. The number of aliphatic hydroxyl groups is 1. The number of aliphatic carboxylic acids is 1. The fourth-order valence-corrected chi connectivity index (χ4v) is 0.206. The van der Waals surface area contributed by atoms with E-state index in [1.807, 2.05) is 0 Å². The summed E-state index contributed by atoms with van der Waals surface area (Å²) in [7, 11) is 1.40. The van der Waals surface area contributed by atoms with Crippen LogP contribution in [0.4, 0.5) is 0 Å². The van der Waals surface area contributed by atoms with Crippen molar-refractivity contribution in [1.82, 2.24) is 0 Å². The summed E-state index contributed by atoms with van der Waals surface area (Å²) >= 11 is 0. The van der Waals surface area contributed by atoms with Crippen molar-refractivity contribution in [3.8, 4) is 0 Å². The van der Waals surface area contributed by atoms with E-state index in [4.69, 9.17) is 15.9 Å². The van der Waals surface area contributed by atoms with Crippen molar-refractivity contribution < 1.29 is 19.8 Å². The van der Waals surface area contributed by atoms with Crippen molar-refractivity contribution in [3.63, 3.8) is 0 Å². The van der Waals surface area contributed by atoms with Gasteiger partial charge in [-0.05, 0) is 6.92 Å². The SMILES string of the molecule is CC(O)C(N)C(=O)O.CON.Cl. The summed E-state index contributed by atoms with van der Waals surface area (Å²) in [4.78, 5) is 13.6. The van der Waals surface area contributed by atoms with Gasteiger partial charge in [0.1, 0.15) is 6.04 Å². The summed E-state index contributed by atoms with van der Waals surface area (Å²) in [5, 5.41) is 16.6. The third kappa shape index (κ3) is 12.3. The van der Waals surface area contributed by atoms with Gasteiger partial charge in [-0.25, -0.2) is 5.90 Å². The number of halogens is 1. The minimum absolute atomic E-state index is 0. The fourth-order valence-electron chi connectivity index (χ4n) is 0.206. The topological polar surface area (TPSA) is 119 Å². The molecule has 0 aromatic heterocycles. The maximum absolute atomic E-state index is 9.86. The second-order valence-corrected chi connectivity index (χ2v) is 1.84. The van der Waals surface area contributed by atoms with Crippen molar-refractivity contribution in [3.05, 3.63) is 0 Å². The van der Waals surface area contributed by atoms with Crippen LogP contribution in [0.3, 0.4) is 0 Å². The number of carboxylic acid groups (broad SMARTS) is 1. The molecular weight excluding hydrogens is 188 g/mol. The van der Waals surface area contributed by atoms with Crippen LogP contribution in [0.2, 0.25) is 0 Å². The lowest BCUT2D eigenvalue weighted by Crippen LogP contribution is -2.39. The Bertz CT molecular complexity index is 112. The molecule has 7 heteroatoms. The smallest absolute Gasteiger partial charge is 0.323 e. The average molecular weight is 203 g/mol. The van der Waals surface area contributed by atoms with Gasteiger partial charge in [0, 0.05) is 0 Å². The Morgan fingerprint density at radius 2 is 1.83 bits per heavy atom. The van der Waals surface area contributed by atoms with Crippen molar-refractivity contribution >= 4 is 18.4 Å². The quantitative estimate of drug-likeness (QED) is 0.414. The highest BCUT2D eigenvalue weighted by molar-refractivity contribution is 5.85. The molecule has 0 aliphatic rings. The average Bonchev–Trinajstić information content (AvgIpc) is 1.87. The number of rotatable bonds is 2. The molecule has 0 amide bonds. The summed E-state index contributed by atoms with van der Waals surface area (Å²) in [5.41, 5.74) is 4.91. The van der Waals surface area contributed by atoms with Crippen LogP contribution in [0.25, 0.3) is 0 Å². The number of carboxylic acids is 1. The normalized spacial score (nSPS) is 13.1. The molecule has 76 valence electrons. The van der Waals surface area contributed by atoms with Crippen molar-refractivity contribution in [2.45, 2.75) is 19.1 Å². The van der Waals surface area contributed by atoms with E-state index in [0.717, 1.165) is 0 Å². The maximum atomic E-state index is 9.86. The van der Waals surface area contributed by atoms with Crippen molar-refractivity contribution in [1.29, 1.82) is 0 Å². The van der Waals surface area contributed by atoms with Gasteiger partial charge in [-0.3, -0.25) is 4.79 Å². The summed E-state index contributed by atoms with van der Waals surface area (Å²) < 4.78 is 0. The van der Waals surface area contributed by atoms with Gasteiger partial charge >= 0.3 is 5.97 Å². The second-order valence-electron chi connectivity index (χ2n) is 1.84. The van der Waals surface area contributed by atoms with Crippen LogP contribution in [-0.2, 0) is 9.63 Å². The first-order valence-corrected chi connectivity index (χ1v) is 2.86. The Kier molecular flexibility index (Phi) is 15.6. The molecule has 0 spiro atoms. The molecule has 12 heavy (non-hydrogen) atoms. The molecule has 0 aromatic rings. The minimum atomic E-state index is -1.18. The molecule has 2 unspecified atom stereocenters. The van der Waals surface area contributed by atoms with Gasteiger partial charge in [0.2, 0.25) is 0 Å². The zero-order chi connectivity index (χ0) is 9.44. The van der Waals surface area contributed by atoms with E-state index in [1.165, 1.54) is 14.0 Å². The lowest BCUT2D eigenvalue weighted by molar-refractivity contribution is -0.140. The van der Waals surface area contributed by atoms with Crippen molar-refractivity contribution in [2.24, 2.45) is 11.6 Å². The Labute approximate surface area is 76.9 Å². The molecule has 0 rings (SSSR count). The first-order chi connectivity index (χ1) is 4.97. The standard InChI is InChI=1S/C4H9NO3.CH5NO.ClH/c1-2(6)3(5)4(7)8;1-3-2;/h2-3,6H,5H2,1H3,(H,7,8);2H2,1H3;1H. The van der Waals surface area contributed by atoms with Crippen LogP contribution in [-0.4, -0.2) is 35.4 Å². The van der Waals surface area contributed by atoms with Gasteiger partial charge in [0.15, 0.2) is 0 Å². The zero-order valence-corrected chi connectivity index (χ0v) is 7.75. The highest BCUT2D eigenvalue weighted by atomic mass is 35.5. The second kappa shape index (κ2) is 10.6. The largest absolute Gasteiger partial charge is 0.480 e. The Morgan fingerprint density at radius 1 is 1.58 bits per heavy atom. The van der Waals surface area contributed by atoms with Gasteiger partial charge < -0.3 is 20.8 Å². The van der Waals surface area contributed by atoms with Gasteiger partial charge in [0.05, 0.1) is 13.2 Å². The molecule has 2 atom stereocenters. The van der Waals surface area contributed by atoms with Gasteiger partial charge in [-0.1, -0.05) is 0 Å². The molecule has 0 aliphatic heterocycles. The van der Waals surface area contributed by atoms with Crippen LogP contribution < -0.4 is 11.6 Å². The van der Waals surface area contributed by atoms with Crippen LogP contribution >= 0.6 is 12.4 Å². The molecule has 0 aromatic carbocycles. The first kappa shape index (κ1) is 17.6. The Balaban J connectivity index is -0.000000177. The van der Waals surface area contributed by atoms with Crippen LogP contribution in [0.1, 0.15) is 6.92 Å². The predicted molar refractivity (Wildman–Crippen MR) is 45.7 cm³/mol. The van der Waals surface area contributed by atoms with E-state index >= 15 is 0 Å². The van der Waals surface area contributed by atoms with E-state index in [0.29, 0.717) is 0 Å². The first-order valence-electron chi connectivity index (χ1n) is 2.86. The third-order valence-electron chi connectivity index (χ3n) is 0.805. The summed E-state index contributed by atoms with van der Waals surface area (Å²) in [6.45, 7) is 1.33. The van der Waals surface area contributed by atoms with Gasteiger partial charge in [-0.2, -0.15) is 0 Å². The lowest BCUT2D eigenvalue weighted by Gasteiger charge is -2.06. The zero-order valence-electron chi connectivity index (χ0n) is 6.93. The molecule has 0 radical (unpaired) electrons. The summed E-state index contributed by atoms with van der Waals surface area (Å²) in [6.07, 6.45) is -0.979. The van der Waals surface area contributed by atoms with Crippen LogP contribution in [0.15, 0.2) is 0 Å². The molecule has 0 saturated heterocycles. The van der Waals surface area contributed by atoms with E-state index in [-0.39, 0.29) is 12.4 Å². The number of hydrogen-bond acceptors (Lipinski definition) is 5. The molecule has 0 heterocycles. The summed E-state index contributed by atoms with van der Waals surface area (Å²) in [5.74, 6) is 3.17. The molecule has 6 nitrogen and oxygen atoms in total. The van der Waals surface area contributed by atoms with Crippen LogP contribution in [0.5, 0.6) is 0 Å². The summed E-state index contributed by atoms with van der Waals surface area (Å²) in [6, 6.07) is -1.16. The van der Waals surface area contributed by atoms with E-state index in [1.54, 1.807) is 0 Å². The minimum Gasteiger partial charge on any atom is -0.480 e.